The van der Waals surface area contributed by atoms with Gasteiger partial charge in [-0.1, -0.05) is 34.6 Å². The van der Waals surface area contributed by atoms with E-state index in [2.05, 4.69) is 5.32 Å². The third kappa shape index (κ3) is 6.69. The predicted octanol–water partition coefficient (Wildman–Crippen LogP) is 1.15. The van der Waals surface area contributed by atoms with Crippen LogP contribution in [0.25, 0.3) is 0 Å². The number of ketones is 1. The summed E-state index contributed by atoms with van der Waals surface area (Å²) in [5.41, 5.74) is -0.600. The van der Waals surface area contributed by atoms with Crippen molar-refractivity contribution < 1.29 is 14.4 Å². The molecular weight excluding hydrogens is 294 g/mol. The highest BCUT2D eigenvalue weighted by Gasteiger charge is 2.35. The third-order valence-electron chi connectivity index (χ3n) is 3.83. The molecule has 1 atom stereocenters. The van der Waals surface area contributed by atoms with Crippen molar-refractivity contribution in [3.05, 3.63) is 0 Å². The second-order valence-corrected chi connectivity index (χ2v) is 7.37. The minimum atomic E-state index is -0.751. The first kappa shape index (κ1) is 21.6. The minimum Gasteiger partial charge on any atom is -0.343 e. The van der Waals surface area contributed by atoms with E-state index >= 15 is 0 Å². The Kier molecular flexibility index (Phi) is 8.45. The fourth-order valence-corrected chi connectivity index (χ4v) is 2.13. The van der Waals surface area contributed by atoms with Gasteiger partial charge in [-0.2, -0.15) is 0 Å². The van der Waals surface area contributed by atoms with E-state index in [9.17, 15) is 14.4 Å². The molecule has 0 aliphatic heterocycles. The second-order valence-electron chi connectivity index (χ2n) is 7.37. The van der Waals surface area contributed by atoms with Gasteiger partial charge < -0.3 is 15.1 Å². The molecule has 2 amide bonds. The maximum absolute atomic E-state index is 12.7. The van der Waals surface area contributed by atoms with Crippen molar-refractivity contribution in [1.29, 1.82) is 0 Å². The number of rotatable bonds is 8. The molecule has 0 radical (unpaired) electrons. The molecule has 0 aromatic rings. The molecular formula is C17H33N3O3. The smallest absolute Gasteiger partial charge is 0.245 e. The summed E-state index contributed by atoms with van der Waals surface area (Å²) >= 11 is 0. The fourth-order valence-electron chi connectivity index (χ4n) is 2.13. The number of nitrogens with zero attached hydrogens (tertiary/aromatic N) is 2. The van der Waals surface area contributed by atoms with Gasteiger partial charge in [0.25, 0.3) is 0 Å². The van der Waals surface area contributed by atoms with E-state index in [1.54, 1.807) is 32.8 Å². The number of hydrogen-bond acceptors (Lipinski definition) is 4. The Labute approximate surface area is 140 Å². The SMILES string of the molecule is CNCCN(C)C(=O)C(CC(=O)C(C)C)N(C)C(=O)C(C)(C)C. The zero-order valence-electron chi connectivity index (χ0n) is 15.9. The zero-order valence-corrected chi connectivity index (χ0v) is 15.9. The van der Waals surface area contributed by atoms with E-state index in [0.29, 0.717) is 13.1 Å². The van der Waals surface area contributed by atoms with Crippen LogP contribution in [0.4, 0.5) is 0 Å². The van der Waals surface area contributed by atoms with Gasteiger partial charge in [-0.05, 0) is 7.05 Å². The van der Waals surface area contributed by atoms with Crippen LogP contribution in [0.1, 0.15) is 41.0 Å². The van der Waals surface area contributed by atoms with Crippen molar-refractivity contribution in [3.8, 4) is 0 Å². The average molecular weight is 327 g/mol. The van der Waals surface area contributed by atoms with Gasteiger partial charge in [-0.15, -0.1) is 0 Å². The zero-order chi connectivity index (χ0) is 18.4. The highest BCUT2D eigenvalue weighted by molar-refractivity contribution is 5.94. The normalized spacial score (nSPS) is 12.9. The first-order chi connectivity index (χ1) is 10.4. The molecule has 0 fully saturated rings. The summed E-state index contributed by atoms with van der Waals surface area (Å²) < 4.78 is 0. The number of carbonyl (C=O) groups is 3. The van der Waals surface area contributed by atoms with Crippen molar-refractivity contribution in [2.75, 3.05) is 34.2 Å². The number of Topliss-reactive ketones (excluding diaryl/α,β-unsaturated/α-hetero) is 1. The Hall–Kier alpha value is -1.43. The molecule has 0 aromatic heterocycles. The largest absolute Gasteiger partial charge is 0.343 e. The average Bonchev–Trinajstić information content (AvgIpc) is 2.46. The Bertz CT molecular complexity index is 427. The van der Waals surface area contributed by atoms with Crippen LogP contribution in [0.2, 0.25) is 0 Å². The van der Waals surface area contributed by atoms with Crippen LogP contribution in [0, 0.1) is 11.3 Å². The molecule has 134 valence electrons. The highest BCUT2D eigenvalue weighted by Crippen LogP contribution is 2.20. The minimum absolute atomic E-state index is 0.0149. The van der Waals surface area contributed by atoms with Crippen molar-refractivity contribution in [3.63, 3.8) is 0 Å². The molecule has 0 rings (SSSR count). The summed E-state index contributed by atoms with van der Waals surface area (Å²) in [6, 6.07) is -0.751. The molecule has 0 aliphatic rings. The molecule has 0 aliphatic carbocycles. The highest BCUT2D eigenvalue weighted by atomic mass is 16.2. The molecule has 1 unspecified atom stereocenters. The number of carbonyl (C=O) groups excluding carboxylic acids is 3. The quantitative estimate of drug-likeness (QED) is 0.726. The molecule has 0 heterocycles. The van der Waals surface area contributed by atoms with Gasteiger partial charge in [0, 0.05) is 44.9 Å². The maximum Gasteiger partial charge on any atom is 0.245 e. The molecule has 0 saturated heterocycles. The molecule has 0 saturated carbocycles. The lowest BCUT2D eigenvalue weighted by Crippen LogP contribution is -2.52. The van der Waals surface area contributed by atoms with Crippen LogP contribution in [-0.2, 0) is 14.4 Å². The molecule has 23 heavy (non-hydrogen) atoms. The van der Waals surface area contributed by atoms with Crippen LogP contribution >= 0.6 is 0 Å². The van der Waals surface area contributed by atoms with Crippen molar-refractivity contribution in [1.82, 2.24) is 15.1 Å². The van der Waals surface area contributed by atoms with Crippen molar-refractivity contribution >= 4 is 17.6 Å². The summed E-state index contributed by atoms with van der Waals surface area (Å²) in [7, 11) is 5.12. The van der Waals surface area contributed by atoms with Gasteiger partial charge in [0.1, 0.15) is 11.8 Å². The van der Waals surface area contributed by atoms with Crippen LogP contribution in [-0.4, -0.2) is 67.7 Å². The Morgan fingerprint density at radius 3 is 2.00 bits per heavy atom. The molecule has 6 nitrogen and oxygen atoms in total. The van der Waals surface area contributed by atoms with Crippen molar-refractivity contribution in [2.45, 2.75) is 47.1 Å². The van der Waals surface area contributed by atoms with E-state index < -0.39 is 11.5 Å². The Morgan fingerprint density at radius 1 is 1.09 bits per heavy atom. The Balaban J connectivity index is 5.34. The second kappa shape index (κ2) is 9.01. The topological polar surface area (TPSA) is 69.7 Å². The van der Waals surface area contributed by atoms with Gasteiger partial charge in [0.15, 0.2) is 0 Å². The van der Waals surface area contributed by atoms with E-state index in [1.165, 1.54) is 4.90 Å². The summed E-state index contributed by atoms with van der Waals surface area (Å²) in [4.78, 5) is 40.4. The number of nitrogens with one attached hydrogen (secondary N) is 1. The van der Waals surface area contributed by atoms with Gasteiger partial charge >= 0.3 is 0 Å². The maximum atomic E-state index is 12.7. The van der Waals surface area contributed by atoms with Crippen molar-refractivity contribution in [2.24, 2.45) is 11.3 Å². The van der Waals surface area contributed by atoms with Crippen LogP contribution in [0.3, 0.4) is 0 Å². The third-order valence-corrected chi connectivity index (χ3v) is 3.83. The van der Waals surface area contributed by atoms with Gasteiger partial charge in [0.2, 0.25) is 11.8 Å². The monoisotopic (exact) mass is 327 g/mol. The standard InChI is InChI=1S/C17H33N3O3/c1-12(2)14(21)11-13(15(22)19(7)10-9-18-6)20(8)16(23)17(3,4)5/h12-13,18H,9-11H2,1-8H3. The van der Waals surface area contributed by atoms with Crippen LogP contribution < -0.4 is 5.32 Å². The summed E-state index contributed by atoms with van der Waals surface area (Å²) in [5, 5.41) is 2.99. The van der Waals surface area contributed by atoms with Gasteiger partial charge in [-0.3, -0.25) is 14.4 Å². The molecule has 0 spiro atoms. The summed E-state index contributed by atoms with van der Waals surface area (Å²) in [6.45, 7) is 10.2. The molecule has 0 bridgehead atoms. The molecule has 1 N–H and O–H groups in total. The predicted molar refractivity (Wildman–Crippen MR) is 92.0 cm³/mol. The lowest BCUT2D eigenvalue weighted by atomic mass is 9.92. The molecule has 0 aromatic carbocycles. The van der Waals surface area contributed by atoms with Crippen LogP contribution in [0.15, 0.2) is 0 Å². The van der Waals surface area contributed by atoms with Gasteiger partial charge in [0.05, 0.1) is 0 Å². The lowest BCUT2D eigenvalue weighted by molar-refractivity contribution is -0.149. The molecule has 6 heteroatoms. The number of hydrogen-bond donors (Lipinski definition) is 1. The van der Waals surface area contributed by atoms with Crippen LogP contribution in [0.5, 0.6) is 0 Å². The first-order valence-corrected chi connectivity index (χ1v) is 8.13. The Morgan fingerprint density at radius 2 is 1.61 bits per heavy atom. The lowest BCUT2D eigenvalue weighted by Gasteiger charge is -2.34. The van der Waals surface area contributed by atoms with Gasteiger partial charge in [-0.25, -0.2) is 0 Å². The fraction of sp³-hybridized carbons (Fsp3) is 0.824. The van der Waals surface area contributed by atoms with E-state index in [4.69, 9.17) is 0 Å². The van der Waals surface area contributed by atoms with E-state index in [-0.39, 0.29) is 29.9 Å². The number of amides is 2. The van der Waals surface area contributed by atoms with E-state index in [0.717, 1.165) is 0 Å². The summed E-state index contributed by atoms with van der Waals surface area (Å²) in [6.07, 6.45) is 0.0543. The number of likely N-dealkylation sites (N-methyl/N-ethyl adjacent to an activating group) is 3. The first-order valence-electron chi connectivity index (χ1n) is 8.13. The summed E-state index contributed by atoms with van der Waals surface area (Å²) in [5.74, 6) is -0.520. The van der Waals surface area contributed by atoms with E-state index in [1.807, 2.05) is 27.8 Å².